The van der Waals surface area contributed by atoms with Crippen molar-refractivity contribution in [3.8, 4) is 122 Å². The molecule has 0 bridgehead atoms. The van der Waals surface area contributed by atoms with Crippen LogP contribution >= 0.6 is 0 Å². The zero-order valence-corrected chi connectivity index (χ0v) is 69.3. The number of anilines is 8. The van der Waals surface area contributed by atoms with Crippen LogP contribution in [0.2, 0.25) is 0 Å². The van der Waals surface area contributed by atoms with Gasteiger partial charge in [-0.05, 0) is 214 Å². The van der Waals surface area contributed by atoms with Gasteiger partial charge in [-0.3, -0.25) is 0 Å². The standard InChI is InChI=1S/3C31H25N.C25H21N/c1-32(28-20-16-25(17-21-28)24-10-4-2-5-11-24)29-22-18-27(19-23-29)31-15-9-8-14-30(31)26-12-6-3-7-13-26;1-32(30-19-15-26(16-20-30)24-9-4-2-5-10-24)31-21-17-27(18-22-31)29-14-8-13-28(23-29)25-11-6-3-7-12-25;1-32(30-20-16-28(17-21-30)25-10-6-3-7-11-25)31-22-18-29(19-23-31)27-14-12-26(13-15-27)24-8-4-2-5-9-24;1-26(23-16-10-15-22(19-23)20-11-4-2-5-12-20)25-18-9-8-17-24(25)21-13-6-3-7-14-21/h3*2-23H,1H3;2-19H,1H3. The van der Waals surface area contributed by atoms with Crippen LogP contribution in [0.1, 0.15) is 0 Å². The normalized spacial score (nSPS) is 10.6. The molecule has 0 heterocycles. The molecule has 0 aliphatic rings. The van der Waals surface area contributed by atoms with E-state index in [1.165, 1.54) is 168 Å². The number of rotatable bonds is 19. The van der Waals surface area contributed by atoms with Crippen LogP contribution in [-0.2, 0) is 0 Å². The first-order valence-electron chi connectivity index (χ1n) is 41.7. The van der Waals surface area contributed by atoms with Gasteiger partial charge >= 0.3 is 0 Å². The van der Waals surface area contributed by atoms with Crippen LogP contribution in [0.5, 0.6) is 0 Å². The van der Waals surface area contributed by atoms with Crippen LogP contribution in [0.25, 0.3) is 122 Å². The Bertz CT molecular complexity index is 6440. The average Bonchev–Trinajstić information content (AvgIpc) is 0.794. The number of hydrogen-bond acceptors (Lipinski definition) is 4. The van der Waals surface area contributed by atoms with E-state index in [1.807, 2.05) is 24.3 Å². The van der Waals surface area contributed by atoms with Gasteiger partial charge in [0.25, 0.3) is 0 Å². The second-order valence-corrected chi connectivity index (χ2v) is 30.2. The lowest BCUT2D eigenvalue weighted by atomic mass is 9.94. The molecule has 4 heteroatoms. The molecule has 0 atom stereocenters. The van der Waals surface area contributed by atoms with E-state index >= 15 is 0 Å². The van der Waals surface area contributed by atoms with Gasteiger partial charge in [0.15, 0.2) is 0 Å². The van der Waals surface area contributed by atoms with E-state index in [-0.39, 0.29) is 0 Å². The summed E-state index contributed by atoms with van der Waals surface area (Å²) in [7, 11) is 8.47. The maximum atomic E-state index is 2.26. The van der Waals surface area contributed by atoms with Crippen molar-refractivity contribution in [1.82, 2.24) is 0 Å². The van der Waals surface area contributed by atoms with Crippen LogP contribution in [0.4, 0.5) is 45.5 Å². The number of benzene rings is 19. The molecule has 0 N–H and O–H groups in total. The smallest absolute Gasteiger partial charge is 0.0487 e. The Balaban J connectivity index is 0.000000121. The minimum Gasteiger partial charge on any atom is -0.345 e. The van der Waals surface area contributed by atoms with Gasteiger partial charge in [-0.25, -0.2) is 0 Å². The molecule has 0 amide bonds. The van der Waals surface area contributed by atoms with Crippen LogP contribution in [-0.4, -0.2) is 28.2 Å². The second kappa shape index (κ2) is 39.6. The monoisotopic (exact) mass is 1570 g/mol. The Morgan fingerprint density at radius 2 is 0.279 bits per heavy atom. The van der Waals surface area contributed by atoms with Crippen molar-refractivity contribution < 1.29 is 0 Å². The molecule has 122 heavy (non-hydrogen) atoms. The van der Waals surface area contributed by atoms with Gasteiger partial charge in [-0.2, -0.15) is 0 Å². The van der Waals surface area contributed by atoms with Crippen molar-refractivity contribution in [3.05, 3.63) is 510 Å². The maximum absolute atomic E-state index is 2.26. The molecule has 0 aromatic heterocycles. The first kappa shape index (κ1) is 80.2. The predicted molar refractivity (Wildman–Crippen MR) is 524 cm³/mol. The second-order valence-electron chi connectivity index (χ2n) is 30.2. The lowest BCUT2D eigenvalue weighted by Crippen LogP contribution is -2.10. The Morgan fingerprint density at radius 1 is 0.107 bits per heavy atom. The summed E-state index contributed by atoms with van der Waals surface area (Å²) in [6.45, 7) is 0. The SMILES string of the molecule is CN(c1ccc(-c2ccccc2)cc1)c1ccc(-c2ccc(-c3ccccc3)cc2)cc1.CN(c1ccc(-c2ccccc2)cc1)c1ccc(-c2cccc(-c3ccccc3)c2)cc1.CN(c1ccc(-c2ccccc2)cc1)c1ccc(-c2ccccc2-c2ccccc2)cc1.CN(c1cccc(-c2ccccc2)c1)c1ccccc1-c1ccccc1. The highest BCUT2D eigenvalue weighted by Crippen LogP contribution is 2.40. The molecule has 0 unspecified atom stereocenters. The minimum atomic E-state index is 1.17. The lowest BCUT2D eigenvalue weighted by molar-refractivity contribution is 1.21. The molecule has 0 spiro atoms. The first-order valence-corrected chi connectivity index (χ1v) is 41.7. The van der Waals surface area contributed by atoms with Gasteiger partial charge in [-0.15, -0.1) is 0 Å². The Labute approximate surface area is 720 Å². The van der Waals surface area contributed by atoms with Crippen LogP contribution in [0.15, 0.2) is 510 Å². The van der Waals surface area contributed by atoms with Gasteiger partial charge in [0.1, 0.15) is 0 Å². The third-order valence-corrected chi connectivity index (χ3v) is 22.5. The molecule has 588 valence electrons. The zero-order chi connectivity index (χ0) is 83.0. The average molecular weight is 1570 g/mol. The van der Waals surface area contributed by atoms with Crippen molar-refractivity contribution >= 4 is 45.5 Å². The van der Waals surface area contributed by atoms with Crippen molar-refractivity contribution in [2.45, 2.75) is 0 Å². The molecule has 19 aromatic carbocycles. The van der Waals surface area contributed by atoms with E-state index in [2.05, 4.69) is 533 Å². The summed E-state index contributed by atoms with van der Waals surface area (Å²) in [5, 5.41) is 0. The fourth-order valence-electron chi connectivity index (χ4n) is 15.5. The Hall–Kier alpha value is -15.6. The van der Waals surface area contributed by atoms with Gasteiger partial charge in [0, 0.05) is 79.3 Å². The molecule has 19 rings (SSSR count). The number of para-hydroxylation sites is 1. The van der Waals surface area contributed by atoms with E-state index in [0.717, 1.165) is 0 Å². The molecular formula is C118H96N4. The van der Waals surface area contributed by atoms with Crippen LogP contribution in [0.3, 0.4) is 0 Å². The van der Waals surface area contributed by atoms with Crippen LogP contribution in [0, 0.1) is 0 Å². The maximum Gasteiger partial charge on any atom is 0.0487 e. The van der Waals surface area contributed by atoms with Crippen LogP contribution < -0.4 is 19.6 Å². The number of hydrogen-bond donors (Lipinski definition) is 0. The zero-order valence-electron chi connectivity index (χ0n) is 69.3. The third-order valence-electron chi connectivity index (χ3n) is 22.5. The quantitative estimate of drug-likeness (QED) is 0.0800. The summed E-state index contributed by atoms with van der Waals surface area (Å²) in [4.78, 5) is 8.92. The van der Waals surface area contributed by atoms with E-state index in [9.17, 15) is 0 Å². The summed E-state index contributed by atoms with van der Waals surface area (Å²) in [5.74, 6) is 0. The minimum absolute atomic E-state index is 1.17. The third kappa shape index (κ3) is 20.0. The molecule has 19 aromatic rings. The molecule has 4 nitrogen and oxygen atoms in total. The lowest BCUT2D eigenvalue weighted by Gasteiger charge is -2.23. The van der Waals surface area contributed by atoms with E-state index in [1.54, 1.807) is 0 Å². The summed E-state index contributed by atoms with van der Waals surface area (Å²) < 4.78 is 0. The Kier molecular flexibility index (Phi) is 26.0. The summed E-state index contributed by atoms with van der Waals surface area (Å²) in [6.07, 6.45) is 0. The Morgan fingerprint density at radius 3 is 0.566 bits per heavy atom. The molecule has 0 saturated carbocycles. The molecule has 0 aliphatic carbocycles. The van der Waals surface area contributed by atoms with Crippen molar-refractivity contribution in [1.29, 1.82) is 0 Å². The molecular weight excluding hydrogens is 1470 g/mol. The molecule has 0 radical (unpaired) electrons. The van der Waals surface area contributed by atoms with E-state index in [4.69, 9.17) is 0 Å². The summed E-state index contributed by atoms with van der Waals surface area (Å²) in [6, 6.07) is 180. The molecule has 0 saturated heterocycles. The van der Waals surface area contributed by atoms with Crippen molar-refractivity contribution in [2.75, 3.05) is 47.8 Å². The van der Waals surface area contributed by atoms with Gasteiger partial charge in [0.2, 0.25) is 0 Å². The van der Waals surface area contributed by atoms with Crippen molar-refractivity contribution in [3.63, 3.8) is 0 Å². The summed E-state index contributed by atoms with van der Waals surface area (Å²) in [5.41, 5.74) is 36.6. The molecule has 0 aliphatic heterocycles. The largest absolute Gasteiger partial charge is 0.345 e. The predicted octanol–water partition coefficient (Wildman–Crippen LogP) is 32.2. The highest BCUT2D eigenvalue weighted by Gasteiger charge is 2.16. The topological polar surface area (TPSA) is 13.0 Å². The fourth-order valence-corrected chi connectivity index (χ4v) is 15.5. The van der Waals surface area contributed by atoms with Gasteiger partial charge < -0.3 is 19.6 Å². The first-order chi connectivity index (χ1) is 60.2. The van der Waals surface area contributed by atoms with Gasteiger partial charge in [-0.1, -0.05) is 413 Å². The number of nitrogens with zero attached hydrogens (tertiary/aromatic N) is 4. The fraction of sp³-hybridized carbons (Fsp3) is 0.0339. The highest BCUT2D eigenvalue weighted by atomic mass is 15.1. The summed E-state index contributed by atoms with van der Waals surface area (Å²) >= 11 is 0. The highest BCUT2D eigenvalue weighted by molar-refractivity contribution is 5.87. The van der Waals surface area contributed by atoms with E-state index in [0.29, 0.717) is 0 Å². The van der Waals surface area contributed by atoms with E-state index < -0.39 is 0 Å². The van der Waals surface area contributed by atoms with Gasteiger partial charge in [0.05, 0.1) is 0 Å². The molecule has 0 fully saturated rings. The van der Waals surface area contributed by atoms with Crippen molar-refractivity contribution in [2.24, 2.45) is 0 Å².